The van der Waals surface area contributed by atoms with E-state index in [1.807, 2.05) is 4.90 Å². The Bertz CT molecular complexity index is 673. The molecule has 1 aromatic rings. The second kappa shape index (κ2) is 7.90. The summed E-state index contributed by atoms with van der Waals surface area (Å²) in [6.07, 6.45) is 3.57. The van der Waals surface area contributed by atoms with E-state index in [0.29, 0.717) is 32.0 Å². The minimum atomic E-state index is -0.648. The van der Waals surface area contributed by atoms with E-state index in [1.165, 1.54) is 11.1 Å². The van der Waals surface area contributed by atoms with Gasteiger partial charge < -0.3 is 14.7 Å². The number of fused-ring (bicyclic) bond motifs is 1. The number of carbonyl (C=O) groups excluding carboxylic acids is 1. The van der Waals surface area contributed by atoms with Gasteiger partial charge in [0.1, 0.15) is 0 Å². The van der Waals surface area contributed by atoms with Crippen LogP contribution in [0.1, 0.15) is 37.3 Å². The monoisotopic (exact) mass is 372 g/mol. The van der Waals surface area contributed by atoms with Crippen LogP contribution in [-0.2, 0) is 22.5 Å². The highest BCUT2D eigenvalue weighted by molar-refractivity contribution is 5.78. The maximum absolute atomic E-state index is 12.9. The maximum Gasteiger partial charge on any atom is 0.236 e. The predicted octanol–water partition coefficient (Wildman–Crippen LogP) is 2.07. The highest BCUT2D eigenvalue weighted by atomic mass is 16.5. The SMILES string of the molecule is C[C@@H]1CN(C(=O)CN2CCc3ccccc3C2)CC[C@@]1(O)C1CCOCC1. The van der Waals surface area contributed by atoms with Gasteiger partial charge in [-0.2, -0.15) is 0 Å². The Morgan fingerprint density at radius 3 is 2.70 bits per heavy atom. The van der Waals surface area contributed by atoms with Crippen LogP contribution in [0.3, 0.4) is 0 Å². The van der Waals surface area contributed by atoms with Gasteiger partial charge in [-0.05, 0) is 42.7 Å². The zero-order valence-corrected chi connectivity index (χ0v) is 16.4. The molecule has 0 bridgehead atoms. The molecule has 0 unspecified atom stereocenters. The van der Waals surface area contributed by atoms with E-state index in [1.54, 1.807) is 0 Å². The first-order chi connectivity index (χ1) is 13.1. The molecule has 27 heavy (non-hydrogen) atoms. The average Bonchev–Trinajstić information content (AvgIpc) is 2.70. The predicted molar refractivity (Wildman–Crippen MR) is 104 cm³/mol. The fraction of sp³-hybridized carbons (Fsp3) is 0.682. The van der Waals surface area contributed by atoms with Crippen molar-refractivity contribution in [1.82, 2.24) is 9.80 Å². The smallest absolute Gasteiger partial charge is 0.236 e. The van der Waals surface area contributed by atoms with Gasteiger partial charge in [-0.15, -0.1) is 0 Å². The molecule has 2 atom stereocenters. The summed E-state index contributed by atoms with van der Waals surface area (Å²) >= 11 is 0. The molecular formula is C22H32N2O3. The van der Waals surface area contributed by atoms with Crippen LogP contribution in [0.25, 0.3) is 0 Å². The summed E-state index contributed by atoms with van der Waals surface area (Å²) in [6, 6.07) is 8.53. The van der Waals surface area contributed by atoms with Gasteiger partial charge in [0.25, 0.3) is 0 Å². The Labute approximate surface area is 162 Å². The molecule has 148 valence electrons. The minimum Gasteiger partial charge on any atom is -0.389 e. The van der Waals surface area contributed by atoms with E-state index in [-0.39, 0.29) is 11.8 Å². The summed E-state index contributed by atoms with van der Waals surface area (Å²) in [5.41, 5.74) is 2.11. The summed E-state index contributed by atoms with van der Waals surface area (Å²) in [5, 5.41) is 11.3. The van der Waals surface area contributed by atoms with Crippen LogP contribution in [-0.4, -0.2) is 65.8 Å². The molecular weight excluding hydrogens is 340 g/mol. The molecule has 0 spiro atoms. The highest BCUT2D eigenvalue weighted by Gasteiger charge is 2.46. The van der Waals surface area contributed by atoms with E-state index >= 15 is 0 Å². The van der Waals surface area contributed by atoms with Crippen LogP contribution in [0.4, 0.5) is 0 Å². The van der Waals surface area contributed by atoms with Crippen LogP contribution in [0, 0.1) is 11.8 Å². The lowest BCUT2D eigenvalue weighted by Crippen LogP contribution is -2.58. The lowest BCUT2D eigenvalue weighted by Gasteiger charge is -2.48. The molecule has 1 N–H and O–H groups in total. The molecule has 4 rings (SSSR count). The van der Waals surface area contributed by atoms with Crippen LogP contribution in [0.2, 0.25) is 0 Å². The largest absolute Gasteiger partial charge is 0.389 e. The van der Waals surface area contributed by atoms with Gasteiger partial charge in [-0.1, -0.05) is 31.2 Å². The Morgan fingerprint density at radius 2 is 1.96 bits per heavy atom. The Balaban J connectivity index is 1.33. The standard InChI is InChI=1S/C22H32N2O3/c1-17-14-24(11-9-22(17,26)20-7-12-27-13-8-20)21(25)16-23-10-6-18-4-2-3-5-19(18)15-23/h2-5,17,20,26H,6-16H2,1H3/t17-,22+/m1/s1. The van der Waals surface area contributed by atoms with E-state index in [2.05, 4.69) is 36.1 Å². The molecule has 5 nitrogen and oxygen atoms in total. The summed E-state index contributed by atoms with van der Waals surface area (Å²) < 4.78 is 5.46. The normalized spacial score (nSPS) is 30.1. The fourth-order valence-electron chi connectivity index (χ4n) is 5.15. The van der Waals surface area contributed by atoms with Gasteiger partial charge in [0.15, 0.2) is 0 Å². The number of hydrogen-bond donors (Lipinski definition) is 1. The zero-order chi connectivity index (χ0) is 18.9. The third-order valence-corrected chi connectivity index (χ3v) is 6.98. The number of piperidine rings is 1. The molecule has 3 heterocycles. The number of carbonyl (C=O) groups is 1. The summed E-state index contributed by atoms with van der Waals surface area (Å²) in [4.78, 5) is 17.1. The van der Waals surface area contributed by atoms with Crippen molar-refractivity contribution in [2.45, 2.75) is 44.8 Å². The minimum absolute atomic E-state index is 0.111. The number of aliphatic hydroxyl groups is 1. The van der Waals surface area contributed by atoms with Gasteiger partial charge in [0.2, 0.25) is 5.91 Å². The van der Waals surface area contributed by atoms with Gasteiger partial charge in [-0.3, -0.25) is 9.69 Å². The molecule has 2 fully saturated rings. The van der Waals surface area contributed by atoms with Crippen molar-refractivity contribution in [3.63, 3.8) is 0 Å². The third kappa shape index (κ3) is 3.91. The van der Waals surface area contributed by atoms with Crippen molar-refractivity contribution in [1.29, 1.82) is 0 Å². The van der Waals surface area contributed by atoms with Gasteiger partial charge in [0.05, 0.1) is 12.1 Å². The summed E-state index contributed by atoms with van der Waals surface area (Å²) in [5.74, 6) is 0.618. The van der Waals surface area contributed by atoms with E-state index in [4.69, 9.17) is 4.74 Å². The van der Waals surface area contributed by atoms with E-state index in [9.17, 15) is 9.90 Å². The van der Waals surface area contributed by atoms with Crippen LogP contribution in [0.15, 0.2) is 24.3 Å². The lowest BCUT2D eigenvalue weighted by atomic mass is 9.70. The molecule has 0 saturated carbocycles. The highest BCUT2D eigenvalue weighted by Crippen LogP contribution is 2.39. The van der Waals surface area contributed by atoms with Crippen LogP contribution < -0.4 is 0 Å². The second-order valence-electron chi connectivity index (χ2n) is 8.60. The molecule has 0 radical (unpaired) electrons. The quantitative estimate of drug-likeness (QED) is 0.883. The van der Waals surface area contributed by atoms with Crippen molar-refractivity contribution >= 4 is 5.91 Å². The topological polar surface area (TPSA) is 53.0 Å². The number of ether oxygens (including phenoxy) is 1. The second-order valence-corrected chi connectivity index (χ2v) is 8.60. The van der Waals surface area contributed by atoms with Crippen molar-refractivity contribution in [2.75, 3.05) is 39.4 Å². The molecule has 3 aliphatic heterocycles. The number of likely N-dealkylation sites (tertiary alicyclic amines) is 1. The summed E-state index contributed by atoms with van der Waals surface area (Å²) in [6.45, 7) is 7.22. The van der Waals surface area contributed by atoms with Crippen molar-refractivity contribution in [3.05, 3.63) is 35.4 Å². The molecule has 1 amide bonds. The van der Waals surface area contributed by atoms with Crippen molar-refractivity contribution in [3.8, 4) is 0 Å². The van der Waals surface area contributed by atoms with Crippen molar-refractivity contribution < 1.29 is 14.6 Å². The fourth-order valence-corrected chi connectivity index (χ4v) is 5.15. The first kappa shape index (κ1) is 18.9. The van der Waals surface area contributed by atoms with Gasteiger partial charge >= 0.3 is 0 Å². The van der Waals surface area contributed by atoms with Crippen LogP contribution in [0.5, 0.6) is 0 Å². The molecule has 0 aromatic heterocycles. The maximum atomic E-state index is 12.9. The molecule has 1 aromatic carbocycles. The van der Waals surface area contributed by atoms with Crippen LogP contribution >= 0.6 is 0 Å². The number of nitrogens with zero attached hydrogens (tertiary/aromatic N) is 2. The molecule has 0 aliphatic carbocycles. The first-order valence-electron chi connectivity index (χ1n) is 10.4. The molecule has 3 aliphatic rings. The third-order valence-electron chi connectivity index (χ3n) is 6.98. The van der Waals surface area contributed by atoms with Gasteiger partial charge in [0, 0.05) is 45.3 Å². The Hall–Kier alpha value is -1.43. The first-order valence-corrected chi connectivity index (χ1v) is 10.4. The van der Waals surface area contributed by atoms with E-state index in [0.717, 1.165) is 45.6 Å². The number of rotatable bonds is 3. The van der Waals surface area contributed by atoms with E-state index < -0.39 is 5.60 Å². The zero-order valence-electron chi connectivity index (χ0n) is 16.4. The number of amides is 1. The average molecular weight is 373 g/mol. The Morgan fingerprint density at radius 1 is 1.22 bits per heavy atom. The van der Waals surface area contributed by atoms with Gasteiger partial charge in [-0.25, -0.2) is 0 Å². The van der Waals surface area contributed by atoms with Crippen molar-refractivity contribution in [2.24, 2.45) is 11.8 Å². The number of benzene rings is 1. The lowest BCUT2D eigenvalue weighted by molar-refractivity contribution is -0.152. The molecule has 5 heteroatoms. The summed E-state index contributed by atoms with van der Waals surface area (Å²) in [7, 11) is 0. The molecule has 2 saturated heterocycles. The number of hydrogen-bond acceptors (Lipinski definition) is 4. The Kier molecular flexibility index (Phi) is 5.53.